The molecule has 1 amide bonds. The van der Waals surface area contributed by atoms with Gasteiger partial charge in [0.1, 0.15) is 6.54 Å². The minimum absolute atomic E-state index is 0.0184. The third kappa shape index (κ3) is 5.17. The van der Waals surface area contributed by atoms with Crippen LogP contribution in [0.15, 0.2) is 30.5 Å². The summed E-state index contributed by atoms with van der Waals surface area (Å²) in [5, 5.41) is 20.0. The SMILES string of the molecule is O=C(Cn1cc(CCO)nn1)NCCc1cccc(Cl)c1. The Labute approximate surface area is 127 Å². The average molecular weight is 309 g/mol. The van der Waals surface area contributed by atoms with Crippen molar-refractivity contribution in [3.8, 4) is 0 Å². The van der Waals surface area contributed by atoms with E-state index in [0.29, 0.717) is 23.7 Å². The number of aliphatic hydroxyl groups excluding tert-OH is 1. The summed E-state index contributed by atoms with van der Waals surface area (Å²) in [5.41, 5.74) is 1.75. The number of aromatic nitrogens is 3. The number of hydrogen-bond donors (Lipinski definition) is 2. The lowest BCUT2D eigenvalue weighted by molar-refractivity contribution is -0.121. The molecule has 6 nitrogen and oxygen atoms in total. The van der Waals surface area contributed by atoms with Crippen molar-refractivity contribution in [1.82, 2.24) is 20.3 Å². The van der Waals surface area contributed by atoms with Gasteiger partial charge in [-0.15, -0.1) is 5.10 Å². The van der Waals surface area contributed by atoms with E-state index in [0.717, 1.165) is 12.0 Å². The number of benzene rings is 1. The van der Waals surface area contributed by atoms with E-state index < -0.39 is 0 Å². The number of carbonyl (C=O) groups is 1. The zero-order chi connectivity index (χ0) is 15.1. The summed E-state index contributed by atoms with van der Waals surface area (Å²) < 4.78 is 1.46. The molecule has 0 spiro atoms. The smallest absolute Gasteiger partial charge is 0.241 e. The molecule has 0 bridgehead atoms. The molecule has 2 rings (SSSR count). The monoisotopic (exact) mass is 308 g/mol. The zero-order valence-electron chi connectivity index (χ0n) is 11.5. The molecule has 21 heavy (non-hydrogen) atoms. The topological polar surface area (TPSA) is 80.0 Å². The van der Waals surface area contributed by atoms with Gasteiger partial charge in [-0.25, -0.2) is 4.68 Å². The molecule has 0 saturated carbocycles. The Bertz CT molecular complexity index is 600. The number of hydrogen-bond acceptors (Lipinski definition) is 4. The van der Waals surface area contributed by atoms with Crippen LogP contribution in [0.4, 0.5) is 0 Å². The molecule has 0 atom stereocenters. The number of amides is 1. The van der Waals surface area contributed by atoms with E-state index in [1.807, 2.05) is 24.3 Å². The molecule has 1 aromatic heterocycles. The van der Waals surface area contributed by atoms with Crippen molar-refractivity contribution in [2.45, 2.75) is 19.4 Å². The molecule has 0 unspecified atom stereocenters. The predicted molar refractivity (Wildman–Crippen MR) is 79.0 cm³/mol. The summed E-state index contributed by atoms with van der Waals surface area (Å²) in [4.78, 5) is 11.8. The first kappa shape index (κ1) is 15.5. The summed E-state index contributed by atoms with van der Waals surface area (Å²) in [6, 6.07) is 7.55. The molecule has 1 aromatic carbocycles. The number of carbonyl (C=O) groups excluding carboxylic acids is 1. The maximum atomic E-state index is 11.8. The number of nitrogens with zero attached hydrogens (tertiary/aromatic N) is 3. The van der Waals surface area contributed by atoms with Crippen molar-refractivity contribution in [3.63, 3.8) is 0 Å². The van der Waals surface area contributed by atoms with Gasteiger partial charge in [0.25, 0.3) is 0 Å². The van der Waals surface area contributed by atoms with Crippen LogP contribution in [-0.2, 0) is 24.2 Å². The van der Waals surface area contributed by atoms with Crippen LogP contribution in [0, 0.1) is 0 Å². The molecule has 7 heteroatoms. The van der Waals surface area contributed by atoms with Gasteiger partial charge in [-0.1, -0.05) is 28.9 Å². The third-order valence-corrected chi connectivity index (χ3v) is 3.12. The summed E-state index contributed by atoms with van der Waals surface area (Å²) in [5.74, 6) is -0.127. The lowest BCUT2D eigenvalue weighted by Gasteiger charge is -2.05. The molecule has 112 valence electrons. The van der Waals surface area contributed by atoms with Gasteiger partial charge in [0.2, 0.25) is 5.91 Å². The molecule has 0 saturated heterocycles. The fourth-order valence-corrected chi connectivity index (χ4v) is 2.10. The van der Waals surface area contributed by atoms with E-state index in [1.165, 1.54) is 4.68 Å². The van der Waals surface area contributed by atoms with Gasteiger partial charge in [-0.05, 0) is 24.1 Å². The van der Waals surface area contributed by atoms with Crippen LogP contribution < -0.4 is 5.32 Å². The Kier molecular flexibility index (Phi) is 5.71. The predicted octanol–water partition coefficient (Wildman–Crippen LogP) is 0.825. The highest BCUT2D eigenvalue weighted by Crippen LogP contribution is 2.10. The van der Waals surface area contributed by atoms with Crippen molar-refractivity contribution in [3.05, 3.63) is 46.7 Å². The normalized spacial score (nSPS) is 10.6. The van der Waals surface area contributed by atoms with Crippen molar-refractivity contribution in [2.75, 3.05) is 13.2 Å². The van der Waals surface area contributed by atoms with Gasteiger partial charge in [0.15, 0.2) is 0 Å². The largest absolute Gasteiger partial charge is 0.396 e. The first-order valence-electron chi connectivity index (χ1n) is 6.68. The van der Waals surface area contributed by atoms with E-state index in [2.05, 4.69) is 15.6 Å². The van der Waals surface area contributed by atoms with E-state index >= 15 is 0 Å². The second-order valence-electron chi connectivity index (χ2n) is 4.61. The first-order valence-corrected chi connectivity index (χ1v) is 7.06. The molecule has 1 heterocycles. The molecule has 0 radical (unpaired) electrons. The Morgan fingerprint density at radius 1 is 1.38 bits per heavy atom. The Hall–Kier alpha value is -1.92. The summed E-state index contributed by atoms with van der Waals surface area (Å²) in [6.45, 7) is 0.676. The number of halogens is 1. The third-order valence-electron chi connectivity index (χ3n) is 2.88. The van der Waals surface area contributed by atoms with Gasteiger partial charge < -0.3 is 10.4 Å². The number of aliphatic hydroxyl groups is 1. The van der Waals surface area contributed by atoms with Crippen molar-refractivity contribution in [1.29, 1.82) is 0 Å². The van der Waals surface area contributed by atoms with Crippen LogP contribution in [-0.4, -0.2) is 39.2 Å². The highest BCUT2D eigenvalue weighted by Gasteiger charge is 2.05. The van der Waals surface area contributed by atoms with Crippen molar-refractivity contribution >= 4 is 17.5 Å². The Morgan fingerprint density at radius 2 is 2.24 bits per heavy atom. The molecule has 2 N–H and O–H groups in total. The van der Waals surface area contributed by atoms with Gasteiger partial charge in [0.05, 0.1) is 5.69 Å². The second kappa shape index (κ2) is 7.75. The van der Waals surface area contributed by atoms with Crippen LogP contribution >= 0.6 is 11.6 Å². The summed E-state index contributed by atoms with van der Waals surface area (Å²) >= 11 is 5.90. The molecule has 0 aliphatic rings. The molecule has 2 aromatic rings. The van der Waals surface area contributed by atoms with Crippen LogP contribution in [0.5, 0.6) is 0 Å². The number of nitrogens with one attached hydrogen (secondary N) is 1. The molecule has 0 fully saturated rings. The highest BCUT2D eigenvalue weighted by atomic mass is 35.5. The molecule has 0 aliphatic heterocycles. The van der Waals surface area contributed by atoms with Crippen molar-refractivity contribution in [2.24, 2.45) is 0 Å². The van der Waals surface area contributed by atoms with Gasteiger partial charge in [-0.3, -0.25) is 4.79 Å². The maximum absolute atomic E-state index is 11.8. The summed E-state index contributed by atoms with van der Waals surface area (Å²) in [6.07, 6.45) is 2.82. The lowest BCUT2D eigenvalue weighted by Crippen LogP contribution is -2.29. The standard InChI is InChI=1S/C14H17ClN4O2/c15-12-3-1-2-11(8-12)4-6-16-14(21)10-19-9-13(5-7-20)17-18-19/h1-3,8-9,20H,4-7,10H2,(H,16,21). The first-order chi connectivity index (χ1) is 10.2. The Morgan fingerprint density at radius 3 is 3.00 bits per heavy atom. The van der Waals surface area contributed by atoms with Crippen LogP contribution in [0.25, 0.3) is 0 Å². The Balaban J connectivity index is 1.74. The molecular formula is C14H17ClN4O2. The van der Waals surface area contributed by atoms with Crippen molar-refractivity contribution < 1.29 is 9.90 Å². The van der Waals surface area contributed by atoms with Gasteiger partial charge >= 0.3 is 0 Å². The van der Waals surface area contributed by atoms with Crippen LogP contribution in [0.2, 0.25) is 5.02 Å². The van der Waals surface area contributed by atoms with Gasteiger partial charge in [0, 0.05) is 30.8 Å². The quantitative estimate of drug-likeness (QED) is 0.794. The van der Waals surface area contributed by atoms with E-state index in [4.69, 9.17) is 16.7 Å². The maximum Gasteiger partial charge on any atom is 0.241 e. The minimum Gasteiger partial charge on any atom is -0.396 e. The lowest BCUT2D eigenvalue weighted by atomic mass is 10.1. The zero-order valence-corrected chi connectivity index (χ0v) is 12.3. The minimum atomic E-state index is -0.127. The van der Waals surface area contributed by atoms with E-state index in [9.17, 15) is 4.79 Å². The average Bonchev–Trinajstić information content (AvgIpc) is 2.86. The second-order valence-corrected chi connectivity index (χ2v) is 5.05. The molecular weight excluding hydrogens is 292 g/mol. The van der Waals surface area contributed by atoms with E-state index in [-0.39, 0.29) is 19.1 Å². The van der Waals surface area contributed by atoms with E-state index in [1.54, 1.807) is 6.20 Å². The van der Waals surface area contributed by atoms with Crippen LogP contribution in [0.3, 0.4) is 0 Å². The highest BCUT2D eigenvalue weighted by molar-refractivity contribution is 6.30. The van der Waals surface area contributed by atoms with Crippen LogP contribution in [0.1, 0.15) is 11.3 Å². The summed E-state index contributed by atoms with van der Waals surface area (Å²) in [7, 11) is 0. The fraction of sp³-hybridized carbons (Fsp3) is 0.357. The number of rotatable bonds is 7. The van der Waals surface area contributed by atoms with Gasteiger partial charge in [-0.2, -0.15) is 0 Å². The molecule has 0 aliphatic carbocycles. The fourth-order valence-electron chi connectivity index (χ4n) is 1.89.